The van der Waals surface area contributed by atoms with E-state index in [1.807, 2.05) is 52.0 Å². The Hall–Kier alpha value is -3.49. The molecule has 0 aliphatic carbocycles. The van der Waals surface area contributed by atoms with Crippen LogP contribution in [0.1, 0.15) is 45.7 Å². The fourth-order valence-corrected chi connectivity index (χ4v) is 3.63. The second-order valence-electron chi connectivity index (χ2n) is 8.24. The molecule has 0 fully saturated rings. The molecule has 2 aliphatic rings. The Balaban J connectivity index is 1.64. The molecule has 2 heterocycles. The van der Waals surface area contributed by atoms with Gasteiger partial charge in [-0.05, 0) is 93.8 Å². The lowest BCUT2D eigenvalue weighted by atomic mass is 9.98. The van der Waals surface area contributed by atoms with E-state index in [0.717, 1.165) is 45.3 Å². The third kappa shape index (κ3) is 4.65. The molecule has 2 aromatic carbocycles. The van der Waals surface area contributed by atoms with Crippen molar-refractivity contribution >= 4 is 17.1 Å². The minimum Gasteiger partial charge on any atom is -0.491 e. The van der Waals surface area contributed by atoms with E-state index in [4.69, 9.17) is 9.47 Å². The lowest BCUT2D eigenvalue weighted by Gasteiger charge is -2.30. The van der Waals surface area contributed by atoms with Crippen LogP contribution in [0.2, 0.25) is 0 Å². The summed E-state index contributed by atoms with van der Waals surface area (Å²) in [6.07, 6.45) is 6.34. The highest BCUT2D eigenvalue weighted by molar-refractivity contribution is 6.09. The van der Waals surface area contributed by atoms with Gasteiger partial charge in [0.25, 0.3) is 0 Å². The summed E-state index contributed by atoms with van der Waals surface area (Å²) in [5.74, 6) is 2.66. The molecule has 0 unspecified atom stereocenters. The summed E-state index contributed by atoms with van der Waals surface area (Å²) < 4.78 is 11.6. The number of allylic oxidation sites excluding steroid dienone is 2. The van der Waals surface area contributed by atoms with Gasteiger partial charge in [0.15, 0.2) is 0 Å². The maximum Gasteiger partial charge on any atom is 0.141 e. The van der Waals surface area contributed by atoms with E-state index < -0.39 is 0 Å². The Morgan fingerprint density at radius 3 is 1.90 bits per heavy atom. The summed E-state index contributed by atoms with van der Waals surface area (Å²) >= 11 is 0. The standard InChI is InChI=1S/C27H28N2O2/c1-18(2)30-24-10-6-21(7-11-24)23-16-20(5)27-28-15-14-26(29(27)17-23)22-8-12-25(13-9-22)31-19(3)4/h6-13,15-19H,1-5H3. The van der Waals surface area contributed by atoms with Gasteiger partial charge in [0.1, 0.15) is 17.3 Å². The summed E-state index contributed by atoms with van der Waals surface area (Å²) in [7, 11) is 0. The lowest BCUT2D eigenvalue weighted by Crippen LogP contribution is -2.29. The first kappa shape index (κ1) is 20.8. The molecule has 0 saturated heterocycles. The zero-order valence-corrected chi connectivity index (χ0v) is 18.7. The summed E-state index contributed by atoms with van der Waals surface area (Å²) in [5.41, 5.74) is 8.69. The third-order valence-electron chi connectivity index (χ3n) is 4.91. The van der Waals surface area contributed by atoms with Crippen molar-refractivity contribution in [3.05, 3.63) is 89.4 Å². The summed E-state index contributed by atoms with van der Waals surface area (Å²) in [6, 6.07) is 16.4. The Bertz CT molecular complexity index is 1110. The zero-order valence-electron chi connectivity index (χ0n) is 18.7. The maximum atomic E-state index is 5.78. The molecule has 31 heavy (non-hydrogen) atoms. The van der Waals surface area contributed by atoms with Gasteiger partial charge >= 0.3 is 0 Å². The van der Waals surface area contributed by atoms with Crippen molar-refractivity contribution in [2.24, 2.45) is 4.99 Å². The van der Waals surface area contributed by atoms with Gasteiger partial charge in [-0.2, -0.15) is 0 Å². The van der Waals surface area contributed by atoms with Crippen LogP contribution >= 0.6 is 0 Å². The number of nitrogens with zero attached hydrogens (tertiary/aromatic N) is 2. The van der Waals surface area contributed by atoms with Crippen LogP contribution in [0.3, 0.4) is 0 Å². The van der Waals surface area contributed by atoms with Gasteiger partial charge in [-0.3, -0.25) is 4.90 Å². The molecule has 2 aliphatic heterocycles. The van der Waals surface area contributed by atoms with Gasteiger partial charge in [-0.25, -0.2) is 4.99 Å². The van der Waals surface area contributed by atoms with Crippen molar-refractivity contribution < 1.29 is 9.47 Å². The van der Waals surface area contributed by atoms with Crippen LogP contribution < -0.4 is 9.47 Å². The first-order valence-electron chi connectivity index (χ1n) is 10.7. The Morgan fingerprint density at radius 1 is 0.806 bits per heavy atom. The second kappa shape index (κ2) is 8.71. The van der Waals surface area contributed by atoms with Crippen LogP contribution in [0.4, 0.5) is 0 Å². The molecule has 0 spiro atoms. The molecule has 0 amide bonds. The van der Waals surface area contributed by atoms with Crippen molar-refractivity contribution in [1.82, 2.24) is 4.90 Å². The molecular formula is C27H28N2O2. The SMILES string of the molecule is CC1=CC(c2ccc(OC(C)C)cc2)=CN2C(c3ccc(OC(C)C)cc3)=C=CN=C12. The quantitative estimate of drug-likeness (QED) is 0.513. The Morgan fingerprint density at radius 2 is 1.35 bits per heavy atom. The number of amidine groups is 1. The van der Waals surface area contributed by atoms with Crippen LogP contribution in [-0.4, -0.2) is 22.9 Å². The Kier molecular flexibility index (Phi) is 5.83. The van der Waals surface area contributed by atoms with Crippen LogP contribution in [0.5, 0.6) is 11.5 Å². The van der Waals surface area contributed by atoms with Crippen molar-refractivity contribution in [2.75, 3.05) is 0 Å². The highest BCUT2D eigenvalue weighted by Crippen LogP contribution is 2.33. The van der Waals surface area contributed by atoms with E-state index >= 15 is 0 Å². The third-order valence-corrected chi connectivity index (χ3v) is 4.91. The molecule has 0 radical (unpaired) electrons. The normalized spacial score (nSPS) is 15.3. The van der Waals surface area contributed by atoms with Crippen LogP contribution in [0, 0.1) is 0 Å². The van der Waals surface area contributed by atoms with Gasteiger partial charge < -0.3 is 9.47 Å². The number of ether oxygens (including phenoxy) is 2. The average Bonchev–Trinajstić information content (AvgIpc) is 2.74. The van der Waals surface area contributed by atoms with E-state index in [2.05, 4.69) is 59.1 Å². The highest BCUT2D eigenvalue weighted by atomic mass is 16.5. The van der Waals surface area contributed by atoms with E-state index in [1.54, 1.807) is 6.20 Å². The van der Waals surface area contributed by atoms with E-state index in [9.17, 15) is 0 Å². The Labute approximate surface area is 184 Å². The predicted octanol–water partition coefficient (Wildman–Crippen LogP) is 6.43. The smallest absolute Gasteiger partial charge is 0.141 e. The average molecular weight is 413 g/mol. The highest BCUT2D eigenvalue weighted by Gasteiger charge is 2.23. The summed E-state index contributed by atoms with van der Waals surface area (Å²) in [5, 5.41) is 0. The van der Waals surface area contributed by atoms with Crippen molar-refractivity contribution in [3.63, 3.8) is 0 Å². The summed E-state index contributed by atoms with van der Waals surface area (Å²) in [4.78, 5) is 6.68. The van der Waals surface area contributed by atoms with Gasteiger partial charge in [-0.1, -0.05) is 17.9 Å². The molecule has 4 rings (SSSR count). The van der Waals surface area contributed by atoms with Crippen LogP contribution in [-0.2, 0) is 0 Å². The topological polar surface area (TPSA) is 34.1 Å². The van der Waals surface area contributed by atoms with Crippen molar-refractivity contribution in [2.45, 2.75) is 46.8 Å². The number of benzene rings is 2. The van der Waals surface area contributed by atoms with Crippen molar-refractivity contribution in [3.8, 4) is 11.5 Å². The number of rotatable bonds is 6. The van der Waals surface area contributed by atoms with Crippen LogP contribution in [0.25, 0.3) is 11.3 Å². The molecule has 0 saturated carbocycles. The minimum atomic E-state index is 0.149. The lowest BCUT2D eigenvalue weighted by molar-refractivity contribution is 0.242. The molecule has 0 bridgehead atoms. The molecule has 4 heteroatoms. The van der Waals surface area contributed by atoms with Crippen LogP contribution in [0.15, 0.2) is 83.3 Å². The summed E-state index contributed by atoms with van der Waals surface area (Å²) in [6.45, 7) is 10.2. The first-order chi connectivity index (χ1) is 14.9. The zero-order chi connectivity index (χ0) is 22.0. The van der Waals surface area contributed by atoms with E-state index in [-0.39, 0.29) is 12.2 Å². The number of aliphatic imine (C=N–C) groups is 1. The van der Waals surface area contributed by atoms with Crippen molar-refractivity contribution in [1.29, 1.82) is 0 Å². The second-order valence-corrected chi connectivity index (χ2v) is 8.24. The maximum absolute atomic E-state index is 5.78. The molecule has 0 N–H and O–H groups in total. The monoisotopic (exact) mass is 412 g/mol. The van der Waals surface area contributed by atoms with Gasteiger partial charge in [0.2, 0.25) is 0 Å². The van der Waals surface area contributed by atoms with E-state index in [1.165, 1.54) is 0 Å². The minimum absolute atomic E-state index is 0.149. The first-order valence-corrected chi connectivity index (χ1v) is 10.7. The molecule has 0 atom stereocenters. The number of hydrogen-bond donors (Lipinski definition) is 0. The van der Waals surface area contributed by atoms with E-state index in [0.29, 0.717) is 0 Å². The van der Waals surface area contributed by atoms with Gasteiger partial charge in [0, 0.05) is 11.8 Å². The molecule has 2 aromatic rings. The predicted molar refractivity (Wildman–Crippen MR) is 127 cm³/mol. The fourth-order valence-electron chi connectivity index (χ4n) is 3.63. The number of hydrogen-bond acceptors (Lipinski definition) is 4. The van der Waals surface area contributed by atoms with Gasteiger partial charge in [-0.15, -0.1) is 0 Å². The molecule has 158 valence electrons. The fraction of sp³-hybridized carbons (Fsp3) is 0.259. The molecule has 0 aromatic heterocycles. The number of fused-ring (bicyclic) bond motifs is 1. The largest absolute Gasteiger partial charge is 0.491 e. The van der Waals surface area contributed by atoms with Gasteiger partial charge in [0.05, 0.1) is 24.1 Å². The molecular weight excluding hydrogens is 384 g/mol. The molecule has 4 nitrogen and oxygen atoms in total.